The van der Waals surface area contributed by atoms with Crippen LogP contribution in [0, 0.1) is 5.92 Å². The average Bonchev–Trinajstić information content (AvgIpc) is 2.48. The van der Waals surface area contributed by atoms with Gasteiger partial charge in [-0.15, -0.1) is 0 Å². The van der Waals surface area contributed by atoms with E-state index in [1.165, 1.54) is 32.1 Å². The summed E-state index contributed by atoms with van der Waals surface area (Å²) in [5.41, 5.74) is 10.2. The number of hydrogen-bond acceptors (Lipinski definition) is 3. The van der Waals surface area contributed by atoms with E-state index in [-0.39, 0.29) is 5.91 Å². The lowest BCUT2D eigenvalue weighted by Gasteiger charge is -2.30. The Morgan fingerprint density at radius 1 is 1.24 bits per heavy atom. The third-order valence-electron chi connectivity index (χ3n) is 4.82. The zero-order chi connectivity index (χ0) is 14.8. The SMILES string of the molecule is CN(CC1CCCCC1)c1cc2c(cc1N)CCC(=O)N2. The first-order chi connectivity index (χ1) is 10.1. The number of benzene rings is 1. The highest BCUT2D eigenvalue weighted by molar-refractivity contribution is 5.95. The Hall–Kier alpha value is -1.71. The Kier molecular flexibility index (Phi) is 4.04. The van der Waals surface area contributed by atoms with Gasteiger partial charge in [0, 0.05) is 25.7 Å². The van der Waals surface area contributed by atoms with E-state index in [1.54, 1.807) is 0 Å². The van der Waals surface area contributed by atoms with Crippen molar-refractivity contribution >= 4 is 23.0 Å². The number of nitrogens with zero attached hydrogens (tertiary/aromatic N) is 1. The molecule has 1 fully saturated rings. The van der Waals surface area contributed by atoms with Crippen molar-refractivity contribution in [1.82, 2.24) is 0 Å². The van der Waals surface area contributed by atoms with E-state index in [1.807, 2.05) is 12.1 Å². The lowest BCUT2D eigenvalue weighted by atomic mass is 9.89. The van der Waals surface area contributed by atoms with Crippen LogP contribution >= 0.6 is 0 Å². The summed E-state index contributed by atoms with van der Waals surface area (Å²) in [6.45, 7) is 1.05. The Morgan fingerprint density at radius 3 is 2.76 bits per heavy atom. The number of amides is 1. The van der Waals surface area contributed by atoms with Crippen LogP contribution in [0.4, 0.5) is 17.1 Å². The smallest absolute Gasteiger partial charge is 0.224 e. The number of carbonyl (C=O) groups excluding carboxylic acids is 1. The highest BCUT2D eigenvalue weighted by atomic mass is 16.1. The van der Waals surface area contributed by atoms with E-state index in [4.69, 9.17) is 5.73 Å². The van der Waals surface area contributed by atoms with Crippen molar-refractivity contribution in [2.24, 2.45) is 5.92 Å². The zero-order valence-electron chi connectivity index (χ0n) is 12.8. The van der Waals surface area contributed by atoms with Crippen molar-refractivity contribution in [3.63, 3.8) is 0 Å². The zero-order valence-corrected chi connectivity index (χ0v) is 12.8. The van der Waals surface area contributed by atoms with Crippen LogP contribution in [-0.2, 0) is 11.2 Å². The van der Waals surface area contributed by atoms with Gasteiger partial charge in [0.05, 0.1) is 11.4 Å². The second-order valence-corrected chi connectivity index (χ2v) is 6.50. The van der Waals surface area contributed by atoms with Crippen LogP contribution in [0.25, 0.3) is 0 Å². The molecule has 1 aliphatic carbocycles. The van der Waals surface area contributed by atoms with Gasteiger partial charge in [0.15, 0.2) is 0 Å². The second kappa shape index (κ2) is 5.96. The molecule has 0 unspecified atom stereocenters. The van der Waals surface area contributed by atoms with Gasteiger partial charge in [-0.1, -0.05) is 19.3 Å². The lowest BCUT2D eigenvalue weighted by molar-refractivity contribution is -0.116. The Morgan fingerprint density at radius 2 is 2.00 bits per heavy atom. The van der Waals surface area contributed by atoms with Gasteiger partial charge >= 0.3 is 0 Å². The van der Waals surface area contributed by atoms with Gasteiger partial charge in [-0.25, -0.2) is 0 Å². The summed E-state index contributed by atoms with van der Waals surface area (Å²) in [5, 5.41) is 2.96. The fourth-order valence-corrected chi connectivity index (χ4v) is 3.62. The molecule has 1 aliphatic heterocycles. The topological polar surface area (TPSA) is 58.4 Å². The normalized spacial score (nSPS) is 19.0. The first-order valence-electron chi connectivity index (χ1n) is 8.07. The fourth-order valence-electron chi connectivity index (χ4n) is 3.62. The number of anilines is 3. The quantitative estimate of drug-likeness (QED) is 0.840. The number of nitrogens with one attached hydrogen (secondary N) is 1. The van der Waals surface area contributed by atoms with E-state index in [9.17, 15) is 4.79 Å². The van der Waals surface area contributed by atoms with E-state index < -0.39 is 0 Å². The van der Waals surface area contributed by atoms with Crippen molar-refractivity contribution in [3.05, 3.63) is 17.7 Å². The first-order valence-corrected chi connectivity index (χ1v) is 8.07. The number of rotatable bonds is 3. The Bertz CT molecular complexity index is 535. The van der Waals surface area contributed by atoms with Crippen LogP contribution in [0.15, 0.2) is 12.1 Å². The summed E-state index contributed by atoms with van der Waals surface area (Å²) >= 11 is 0. The molecule has 1 saturated carbocycles. The molecular formula is C17H25N3O. The van der Waals surface area contributed by atoms with Crippen LogP contribution in [0.3, 0.4) is 0 Å². The van der Waals surface area contributed by atoms with Crippen LogP contribution in [0.5, 0.6) is 0 Å². The van der Waals surface area contributed by atoms with Gasteiger partial charge in [-0.2, -0.15) is 0 Å². The van der Waals surface area contributed by atoms with Gasteiger partial charge in [-0.05, 0) is 42.9 Å². The van der Waals surface area contributed by atoms with Gasteiger partial charge in [-0.3, -0.25) is 4.79 Å². The molecular weight excluding hydrogens is 262 g/mol. The molecule has 0 saturated heterocycles. The van der Waals surface area contributed by atoms with Crippen molar-refractivity contribution < 1.29 is 4.79 Å². The molecule has 0 spiro atoms. The fraction of sp³-hybridized carbons (Fsp3) is 0.588. The summed E-state index contributed by atoms with van der Waals surface area (Å²) in [6.07, 6.45) is 8.09. The summed E-state index contributed by atoms with van der Waals surface area (Å²) < 4.78 is 0. The van der Waals surface area contributed by atoms with Gasteiger partial charge in [0.1, 0.15) is 0 Å². The second-order valence-electron chi connectivity index (χ2n) is 6.50. The molecule has 1 heterocycles. The average molecular weight is 287 g/mol. The van der Waals surface area contributed by atoms with Crippen molar-refractivity contribution in [3.8, 4) is 0 Å². The number of aryl methyl sites for hydroxylation is 1. The van der Waals surface area contributed by atoms with E-state index in [2.05, 4.69) is 17.3 Å². The van der Waals surface area contributed by atoms with Crippen molar-refractivity contribution in [2.45, 2.75) is 44.9 Å². The largest absolute Gasteiger partial charge is 0.397 e. The third kappa shape index (κ3) is 3.14. The molecule has 1 amide bonds. The Labute approximate surface area is 126 Å². The highest BCUT2D eigenvalue weighted by Gasteiger charge is 2.20. The maximum atomic E-state index is 11.6. The molecule has 1 aromatic carbocycles. The third-order valence-corrected chi connectivity index (χ3v) is 4.82. The molecule has 0 radical (unpaired) electrons. The molecule has 21 heavy (non-hydrogen) atoms. The molecule has 114 valence electrons. The number of nitrogens with two attached hydrogens (primary N) is 1. The molecule has 0 atom stereocenters. The predicted molar refractivity (Wildman–Crippen MR) is 87.7 cm³/mol. The summed E-state index contributed by atoms with van der Waals surface area (Å²) in [6, 6.07) is 4.08. The molecule has 3 N–H and O–H groups in total. The van der Waals surface area contributed by atoms with Gasteiger partial charge in [0.25, 0.3) is 0 Å². The van der Waals surface area contributed by atoms with Crippen LogP contribution in [0.1, 0.15) is 44.1 Å². The molecule has 2 aliphatic rings. The van der Waals surface area contributed by atoms with Gasteiger partial charge in [0.2, 0.25) is 5.91 Å². The molecule has 0 bridgehead atoms. The minimum Gasteiger partial charge on any atom is -0.397 e. The number of hydrogen-bond donors (Lipinski definition) is 2. The standard InChI is InChI=1S/C17H25N3O/c1-20(11-12-5-3-2-4-6-12)16-10-15-13(9-14(16)18)7-8-17(21)19-15/h9-10,12H,2-8,11,18H2,1H3,(H,19,21). The van der Waals surface area contributed by atoms with Crippen LogP contribution in [0.2, 0.25) is 0 Å². The minimum absolute atomic E-state index is 0.105. The summed E-state index contributed by atoms with van der Waals surface area (Å²) in [7, 11) is 2.11. The minimum atomic E-state index is 0.105. The van der Waals surface area contributed by atoms with E-state index in [0.29, 0.717) is 6.42 Å². The maximum Gasteiger partial charge on any atom is 0.224 e. The number of carbonyl (C=O) groups is 1. The molecule has 0 aromatic heterocycles. The number of nitrogen functional groups attached to an aromatic ring is 1. The molecule has 4 nitrogen and oxygen atoms in total. The monoisotopic (exact) mass is 287 g/mol. The Balaban J connectivity index is 1.77. The van der Waals surface area contributed by atoms with Crippen molar-refractivity contribution in [2.75, 3.05) is 29.5 Å². The molecule has 1 aromatic rings. The predicted octanol–water partition coefficient (Wildman–Crippen LogP) is 3.17. The van der Waals surface area contributed by atoms with Crippen molar-refractivity contribution in [1.29, 1.82) is 0 Å². The van der Waals surface area contributed by atoms with E-state index in [0.717, 1.165) is 41.5 Å². The lowest BCUT2D eigenvalue weighted by Crippen LogP contribution is -2.28. The number of fused-ring (bicyclic) bond motifs is 1. The summed E-state index contributed by atoms with van der Waals surface area (Å²) in [4.78, 5) is 13.8. The van der Waals surface area contributed by atoms with E-state index >= 15 is 0 Å². The van der Waals surface area contributed by atoms with Gasteiger partial charge < -0.3 is 16.0 Å². The first kappa shape index (κ1) is 14.2. The molecule has 4 heteroatoms. The maximum absolute atomic E-state index is 11.6. The highest BCUT2D eigenvalue weighted by Crippen LogP contribution is 2.34. The molecule has 3 rings (SSSR count). The van der Waals surface area contributed by atoms with Crippen LogP contribution in [-0.4, -0.2) is 19.5 Å². The summed E-state index contributed by atoms with van der Waals surface area (Å²) in [5.74, 6) is 0.877. The van der Waals surface area contributed by atoms with Crippen LogP contribution < -0.4 is 16.0 Å².